The summed E-state index contributed by atoms with van der Waals surface area (Å²) < 4.78 is 5.47. The highest BCUT2D eigenvalue weighted by Gasteiger charge is 2.24. The molecule has 0 saturated heterocycles. The molecule has 0 amide bonds. The molecule has 6 nitrogen and oxygen atoms in total. The van der Waals surface area contributed by atoms with Crippen molar-refractivity contribution in [2.75, 3.05) is 0 Å². The van der Waals surface area contributed by atoms with Crippen molar-refractivity contribution in [1.29, 1.82) is 0 Å². The summed E-state index contributed by atoms with van der Waals surface area (Å²) >= 11 is 0. The van der Waals surface area contributed by atoms with E-state index in [0.29, 0.717) is 11.9 Å². The third kappa shape index (κ3) is 1.95. The van der Waals surface area contributed by atoms with Crippen LogP contribution in [0.25, 0.3) is 0 Å². The summed E-state index contributed by atoms with van der Waals surface area (Å²) in [6.07, 6.45) is 5.08. The van der Waals surface area contributed by atoms with E-state index in [0.717, 1.165) is 25.0 Å². The highest BCUT2D eigenvalue weighted by molar-refractivity contribution is 5.24. The predicted molar refractivity (Wildman–Crippen MR) is 60.1 cm³/mol. The van der Waals surface area contributed by atoms with Gasteiger partial charge in [0, 0.05) is 18.0 Å². The highest BCUT2D eigenvalue weighted by atomic mass is 16.3. The Morgan fingerprint density at radius 1 is 1.59 bits per heavy atom. The van der Waals surface area contributed by atoms with Crippen molar-refractivity contribution in [1.82, 2.24) is 25.9 Å². The van der Waals surface area contributed by atoms with Crippen LogP contribution in [0.1, 0.15) is 49.0 Å². The van der Waals surface area contributed by atoms with E-state index in [9.17, 15) is 0 Å². The molecule has 6 heteroatoms. The van der Waals surface area contributed by atoms with Gasteiger partial charge in [0.25, 0.3) is 0 Å². The molecule has 2 atom stereocenters. The summed E-state index contributed by atoms with van der Waals surface area (Å²) in [5.41, 5.74) is 1.27. The maximum absolute atomic E-state index is 5.47. The number of nitrogens with one attached hydrogen (secondary N) is 2. The van der Waals surface area contributed by atoms with Crippen LogP contribution in [0, 0.1) is 0 Å². The normalized spacial score (nSPS) is 21.1. The van der Waals surface area contributed by atoms with Crippen LogP contribution in [0.2, 0.25) is 0 Å². The summed E-state index contributed by atoms with van der Waals surface area (Å²) in [4.78, 5) is 0. The van der Waals surface area contributed by atoms with Gasteiger partial charge in [-0.05, 0) is 25.8 Å². The molecule has 0 aliphatic heterocycles. The van der Waals surface area contributed by atoms with Crippen LogP contribution in [-0.2, 0) is 6.42 Å². The van der Waals surface area contributed by atoms with Crippen LogP contribution in [-0.4, -0.2) is 20.6 Å². The Morgan fingerprint density at radius 2 is 2.53 bits per heavy atom. The molecule has 90 valence electrons. The van der Waals surface area contributed by atoms with Gasteiger partial charge in [-0.15, -0.1) is 10.2 Å². The van der Waals surface area contributed by atoms with Crippen LogP contribution in [0.5, 0.6) is 0 Å². The zero-order chi connectivity index (χ0) is 11.7. The average molecular weight is 233 g/mol. The topological polar surface area (TPSA) is 79.6 Å². The SMILES string of the molecule is CC(NC1CCCc2occc21)c1nn[nH]n1. The zero-order valence-electron chi connectivity index (χ0n) is 9.68. The van der Waals surface area contributed by atoms with Gasteiger partial charge in [-0.25, -0.2) is 0 Å². The number of aromatic nitrogens is 4. The standard InChI is InChI=1S/C11H15N5O/c1-7(11-13-15-16-14-11)12-9-3-2-4-10-8(9)5-6-17-10/h5-7,9,12H,2-4H2,1H3,(H,13,14,15,16). The third-order valence-corrected chi connectivity index (χ3v) is 3.25. The van der Waals surface area contributed by atoms with Gasteiger partial charge in [-0.3, -0.25) is 0 Å². The van der Waals surface area contributed by atoms with Crippen LogP contribution in [0.4, 0.5) is 0 Å². The highest BCUT2D eigenvalue weighted by Crippen LogP contribution is 2.31. The fraction of sp³-hybridized carbons (Fsp3) is 0.545. The van der Waals surface area contributed by atoms with E-state index >= 15 is 0 Å². The van der Waals surface area contributed by atoms with E-state index in [1.807, 2.05) is 6.92 Å². The van der Waals surface area contributed by atoms with E-state index < -0.39 is 0 Å². The minimum absolute atomic E-state index is 0.0830. The molecule has 2 unspecified atom stereocenters. The maximum atomic E-state index is 5.47. The molecule has 0 radical (unpaired) electrons. The van der Waals surface area contributed by atoms with Gasteiger partial charge in [-0.2, -0.15) is 5.21 Å². The molecule has 0 bridgehead atoms. The van der Waals surface area contributed by atoms with Crippen LogP contribution >= 0.6 is 0 Å². The molecule has 2 N–H and O–H groups in total. The number of furan rings is 1. The minimum atomic E-state index is 0.0830. The Bertz CT molecular complexity index is 478. The van der Waals surface area contributed by atoms with Gasteiger partial charge in [0.15, 0.2) is 5.82 Å². The Balaban J connectivity index is 1.75. The Morgan fingerprint density at radius 3 is 3.35 bits per heavy atom. The molecule has 0 aromatic carbocycles. The van der Waals surface area contributed by atoms with E-state index in [1.54, 1.807) is 6.26 Å². The summed E-state index contributed by atoms with van der Waals surface area (Å²) in [5.74, 6) is 1.80. The predicted octanol–water partition coefficient (Wildman–Crippen LogP) is 1.52. The number of hydrogen-bond acceptors (Lipinski definition) is 5. The summed E-state index contributed by atoms with van der Waals surface area (Å²) in [6, 6.07) is 2.46. The molecule has 0 saturated carbocycles. The Kier molecular flexibility index (Phi) is 2.64. The van der Waals surface area contributed by atoms with Crippen molar-refractivity contribution in [2.45, 2.75) is 38.3 Å². The first-order valence-corrected chi connectivity index (χ1v) is 5.90. The lowest BCUT2D eigenvalue weighted by Gasteiger charge is -2.25. The van der Waals surface area contributed by atoms with Gasteiger partial charge in [0.2, 0.25) is 0 Å². The van der Waals surface area contributed by atoms with Gasteiger partial charge in [0.1, 0.15) is 5.76 Å². The third-order valence-electron chi connectivity index (χ3n) is 3.25. The number of nitrogens with zero attached hydrogens (tertiary/aromatic N) is 3. The van der Waals surface area contributed by atoms with Gasteiger partial charge in [0.05, 0.1) is 12.3 Å². The number of hydrogen-bond donors (Lipinski definition) is 2. The number of H-pyrrole nitrogens is 1. The van der Waals surface area contributed by atoms with Gasteiger partial charge < -0.3 is 9.73 Å². The van der Waals surface area contributed by atoms with E-state index in [1.165, 1.54) is 5.56 Å². The number of fused-ring (bicyclic) bond motifs is 1. The summed E-state index contributed by atoms with van der Waals surface area (Å²) in [7, 11) is 0. The second-order valence-electron chi connectivity index (χ2n) is 4.40. The first kappa shape index (κ1) is 10.5. The lowest BCUT2D eigenvalue weighted by Crippen LogP contribution is -2.27. The van der Waals surface area contributed by atoms with E-state index in [-0.39, 0.29) is 6.04 Å². The molecule has 3 rings (SSSR count). The fourth-order valence-corrected chi connectivity index (χ4v) is 2.39. The monoisotopic (exact) mass is 233 g/mol. The summed E-state index contributed by atoms with van der Waals surface area (Å²) in [5, 5.41) is 17.6. The zero-order valence-corrected chi connectivity index (χ0v) is 9.68. The molecule has 0 spiro atoms. The van der Waals surface area contributed by atoms with Crippen molar-refractivity contribution in [3.8, 4) is 0 Å². The molecular formula is C11H15N5O. The van der Waals surface area contributed by atoms with E-state index in [4.69, 9.17) is 4.42 Å². The number of rotatable bonds is 3. The Labute approximate surface area is 98.8 Å². The fourth-order valence-electron chi connectivity index (χ4n) is 2.39. The maximum Gasteiger partial charge on any atom is 0.191 e. The van der Waals surface area contributed by atoms with Crippen molar-refractivity contribution >= 4 is 0 Å². The lowest BCUT2D eigenvalue weighted by molar-refractivity contribution is 0.379. The molecule has 2 aromatic heterocycles. The van der Waals surface area contributed by atoms with Gasteiger partial charge >= 0.3 is 0 Å². The summed E-state index contributed by atoms with van der Waals surface area (Å²) in [6.45, 7) is 2.04. The number of aryl methyl sites for hydroxylation is 1. The number of aromatic amines is 1. The smallest absolute Gasteiger partial charge is 0.191 e. The van der Waals surface area contributed by atoms with Crippen molar-refractivity contribution in [3.63, 3.8) is 0 Å². The van der Waals surface area contributed by atoms with Crippen LogP contribution in [0.15, 0.2) is 16.7 Å². The van der Waals surface area contributed by atoms with Gasteiger partial charge in [-0.1, -0.05) is 5.21 Å². The minimum Gasteiger partial charge on any atom is -0.469 e. The van der Waals surface area contributed by atoms with Crippen LogP contribution < -0.4 is 5.32 Å². The van der Waals surface area contributed by atoms with Crippen molar-refractivity contribution < 1.29 is 4.42 Å². The lowest BCUT2D eigenvalue weighted by atomic mass is 9.93. The van der Waals surface area contributed by atoms with Crippen molar-refractivity contribution in [2.24, 2.45) is 0 Å². The molecule has 2 aromatic rings. The quantitative estimate of drug-likeness (QED) is 0.840. The van der Waals surface area contributed by atoms with Crippen LogP contribution in [0.3, 0.4) is 0 Å². The molecular weight excluding hydrogens is 218 g/mol. The first-order valence-electron chi connectivity index (χ1n) is 5.90. The number of tetrazole rings is 1. The molecule has 0 fully saturated rings. The van der Waals surface area contributed by atoms with E-state index in [2.05, 4.69) is 32.0 Å². The van der Waals surface area contributed by atoms with Crippen molar-refractivity contribution in [3.05, 3.63) is 29.5 Å². The molecule has 2 heterocycles. The second kappa shape index (κ2) is 4.29. The molecule has 1 aliphatic carbocycles. The first-order chi connectivity index (χ1) is 8.34. The molecule has 17 heavy (non-hydrogen) atoms. The largest absolute Gasteiger partial charge is 0.469 e. The Hall–Kier alpha value is -1.69. The average Bonchev–Trinajstić information content (AvgIpc) is 3.00. The second-order valence-corrected chi connectivity index (χ2v) is 4.40. The molecule has 1 aliphatic rings.